The first-order valence-corrected chi connectivity index (χ1v) is 5.65. The molecule has 0 spiro atoms. The number of carboxylic acids is 1. The summed E-state index contributed by atoms with van der Waals surface area (Å²) < 4.78 is 8.40. The second kappa shape index (κ2) is 6.26. The number of aromatic nitrogens is 2. The van der Waals surface area contributed by atoms with E-state index >= 15 is 0 Å². The molecular weight excluding hydrogens is 246 g/mol. The van der Waals surface area contributed by atoms with E-state index in [0.717, 1.165) is 11.5 Å². The van der Waals surface area contributed by atoms with Crippen LogP contribution in [0.4, 0.5) is 0 Å². The summed E-state index contributed by atoms with van der Waals surface area (Å²) in [7, 11) is 1.47. The first-order valence-electron chi connectivity index (χ1n) is 4.87. The van der Waals surface area contributed by atoms with Crippen LogP contribution in [0.25, 0.3) is 0 Å². The van der Waals surface area contributed by atoms with Crippen molar-refractivity contribution in [2.24, 2.45) is 0 Å². The molecule has 0 aromatic carbocycles. The van der Waals surface area contributed by atoms with Crippen LogP contribution in [0.3, 0.4) is 0 Å². The number of carbonyl (C=O) groups is 2. The van der Waals surface area contributed by atoms with E-state index in [1.54, 1.807) is 6.92 Å². The fourth-order valence-corrected chi connectivity index (χ4v) is 1.72. The van der Waals surface area contributed by atoms with Crippen molar-refractivity contribution in [1.29, 1.82) is 0 Å². The first-order chi connectivity index (χ1) is 8.06. The van der Waals surface area contributed by atoms with E-state index < -0.39 is 17.9 Å². The van der Waals surface area contributed by atoms with Crippen LogP contribution >= 0.6 is 11.5 Å². The van der Waals surface area contributed by atoms with Crippen LogP contribution in [-0.4, -0.2) is 46.3 Å². The van der Waals surface area contributed by atoms with Crippen LogP contribution in [0.2, 0.25) is 0 Å². The molecule has 0 saturated heterocycles. The summed E-state index contributed by atoms with van der Waals surface area (Å²) in [6, 6.07) is -0.969. The van der Waals surface area contributed by atoms with Crippen LogP contribution in [0.1, 0.15) is 21.8 Å². The second-order valence-electron chi connectivity index (χ2n) is 3.33. The van der Waals surface area contributed by atoms with Gasteiger partial charge in [0, 0.05) is 20.1 Å². The molecule has 1 atom stereocenters. The molecule has 1 aromatic heterocycles. The zero-order chi connectivity index (χ0) is 12.8. The number of methoxy groups -OCH3 is 1. The van der Waals surface area contributed by atoms with Crippen LogP contribution < -0.4 is 5.32 Å². The topological polar surface area (TPSA) is 101 Å². The number of rotatable bonds is 6. The van der Waals surface area contributed by atoms with Gasteiger partial charge in [0.1, 0.15) is 10.9 Å². The Morgan fingerprint density at radius 2 is 2.29 bits per heavy atom. The number of nitrogens with zero attached hydrogens (tertiary/aromatic N) is 2. The number of aliphatic carboxylic acids is 1. The SMILES string of the molecule is COCCC(NC(=O)c1snnc1C)C(=O)O. The molecule has 2 N–H and O–H groups in total. The van der Waals surface area contributed by atoms with E-state index in [4.69, 9.17) is 9.84 Å². The minimum atomic E-state index is -1.09. The van der Waals surface area contributed by atoms with Gasteiger partial charge in [0.15, 0.2) is 0 Å². The molecule has 0 aliphatic carbocycles. The van der Waals surface area contributed by atoms with Gasteiger partial charge in [-0.2, -0.15) is 0 Å². The van der Waals surface area contributed by atoms with Gasteiger partial charge in [-0.25, -0.2) is 4.79 Å². The minimum Gasteiger partial charge on any atom is -0.480 e. The molecule has 0 saturated carbocycles. The van der Waals surface area contributed by atoms with Crippen molar-refractivity contribution in [3.05, 3.63) is 10.6 Å². The van der Waals surface area contributed by atoms with Crippen molar-refractivity contribution >= 4 is 23.4 Å². The summed E-state index contributed by atoms with van der Waals surface area (Å²) in [5, 5.41) is 15.0. The zero-order valence-corrected chi connectivity index (χ0v) is 10.3. The molecule has 1 unspecified atom stereocenters. The number of nitrogens with one attached hydrogen (secondary N) is 1. The Balaban J connectivity index is 2.64. The van der Waals surface area contributed by atoms with Crippen LogP contribution in [0.5, 0.6) is 0 Å². The predicted octanol–water partition coefficient (Wildman–Crippen LogP) is 0.0660. The Kier molecular flexibility index (Phi) is 4.98. The van der Waals surface area contributed by atoms with Crippen molar-refractivity contribution in [3.8, 4) is 0 Å². The normalized spacial score (nSPS) is 12.1. The molecule has 8 heteroatoms. The Labute approximate surface area is 102 Å². The molecule has 1 rings (SSSR count). The molecule has 0 fully saturated rings. The van der Waals surface area contributed by atoms with Crippen LogP contribution in [0, 0.1) is 6.92 Å². The summed E-state index contributed by atoms with van der Waals surface area (Å²) in [6.07, 6.45) is 0.211. The number of carbonyl (C=O) groups excluding carboxylic acids is 1. The third kappa shape index (κ3) is 3.75. The van der Waals surface area contributed by atoms with Gasteiger partial charge in [-0.1, -0.05) is 4.49 Å². The average molecular weight is 259 g/mol. The molecule has 0 bridgehead atoms. The molecule has 0 aliphatic rings. The van der Waals surface area contributed by atoms with Gasteiger partial charge in [-0.3, -0.25) is 4.79 Å². The van der Waals surface area contributed by atoms with E-state index in [9.17, 15) is 9.59 Å². The van der Waals surface area contributed by atoms with Gasteiger partial charge in [-0.15, -0.1) is 5.10 Å². The second-order valence-corrected chi connectivity index (χ2v) is 4.09. The molecular formula is C9H13N3O4S. The lowest BCUT2D eigenvalue weighted by atomic mass is 10.2. The van der Waals surface area contributed by atoms with E-state index in [1.807, 2.05) is 0 Å². The number of hydrogen-bond acceptors (Lipinski definition) is 6. The maximum atomic E-state index is 11.7. The number of carboxylic acid groups (broad SMARTS) is 1. The number of ether oxygens (including phenoxy) is 1. The monoisotopic (exact) mass is 259 g/mol. The molecule has 0 radical (unpaired) electrons. The lowest BCUT2D eigenvalue weighted by Crippen LogP contribution is -2.41. The summed E-state index contributed by atoms with van der Waals surface area (Å²) in [5.74, 6) is -1.56. The Morgan fingerprint density at radius 1 is 1.59 bits per heavy atom. The Hall–Kier alpha value is -1.54. The van der Waals surface area contributed by atoms with E-state index in [1.165, 1.54) is 7.11 Å². The van der Waals surface area contributed by atoms with Crippen molar-refractivity contribution in [3.63, 3.8) is 0 Å². The van der Waals surface area contributed by atoms with Crippen LogP contribution in [0.15, 0.2) is 0 Å². The molecule has 0 aliphatic heterocycles. The van der Waals surface area contributed by atoms with Crippen molar-refractivity contribution < 1.29 is 19.4 Å². The van der Waals surface area contributed by atoms with E-state index in [0.29, 0.717) is 10.6 Å². The maximum Gasteiger partial charge on any atom is 0.326 e. The molecule has 1 aromatic rings. The number of hydrogen-bond donors (Lipinski definition) is 2. The highest BCUT2D eigenvalue weighted by Gasteiger charge is 2.22. The number of amides is 1. The zero-order valence-electron chi connectivity index (χ0n) is 9.47. The molecule has 94 valence electrons. The van der Waals surface area contributed by atoms with Gasteiger partial charge in [0.2, 0.25) is 0 Å². The third-order valence-electron chi connectivity index (χ3n) is 2.07. The predicted molar refractivity (Wildman–Crippen MR) is 60.0 cm³/mol. The highest BCUT2D eigenvalue weighted by molar-refractivity contribution is 7.08. The molecule has 17 heavy (non-hydrogen) atoms. The largest absolute Gasteiger partial charge is 0.480 e. The summed E-state index contributed by atoms with van der Waals surface area (Å²) in [6.45, 7) is 1.90. The summed E-state index contributed by atoms with van der Waals surface area (Å²) in [5.41, 5.74) is 0.489. The lowest BCUT2D eigenvalue weighted by Gasteiger charge is -2.13. The lowest BCUT2D eigenvalue weighted by molar-refractivity contribution is -0.139. The van der Waals surface area contributed by atoms with Crippen molar-refractivity contribution in [2.75, 3.05) is 13.7 Å². The quantitative estimate of drug-likeness (QED) is 0.749. The summed E-state index contributed by atoms with van der Waals surface area (Å²) >= 11 is 0.938. The van der Waals surface area contributed by atoms with E-state index in [2.05, 4.69) is 14.9 Å². The number of aryl methyl sites for hydroxylation is 1. The van der Waals surface area contributed by atoms with Gasteiger partial charge in [0.25, 0.3) is 5.91 Å². The first kappa shape index (κ1) is 13.5. The van der Waals surface area contributed by atoms with Crippen molar-refractivity contribution in [2.45, 2.75) is 19.4 Å². The highest BCUT2D eigenvalue weighted by atomic mass is 32.1. The van der Waals surface area contributed by atoms with E-state index in [-0.39, 0.29) is 13.0 Å². The molecule has 1 heterocycles. The Morgan fingerprint density at radius 3 is 2.76 bits per heavy atom. The molecule has 1 amide bonds. The standard InChI is InChI=1S/C9H13N3O4S/c1-5-7(17-12-11-5)8(13)10-6(9(14)15)3-4-16-2/h6H,3-4H2,1-2H3,(H,10,13)(H,14,15). The van der Waals surface area contributed by atoms with Gasteiger partial charge >= 0.3 is 5.97 Å². The van der Waals surface area contributed by atoms with Gasteiger partial charge in [0.05, 0.1) is 5.69 Å². The van der Waals surface area contributed by atoms with Gasteiger partial charge in [-0.05, 0) is 18.5 Å². The van der Waals surface area contributed by atoms with Gasteiger partial charge < -0.3 is 15.2 Å². The third-order valence-corrected chi connectivity index (χ3v) is 2.90. The Bertz CT molecular complexity index is 407. The average Bonchev–Trinajstić information content (AvgIpc) is 2.70. The fraction of sp³-hybridized carbons (Fsp3) is 0.556. The highest BCUT2D eigenvalue weighted by Crippen LogP contribution is 2.09. The van der Waals surface area contributed by atoms with Crippen LogP contribution in [-0.2, 0) is 9.53 Å². The van der Waals surface area contributed by atoms with Crippen molar-refractivity contribution in [1.82, 2.24) is 14.9 Å². The molecule has 7 nitrogen and oxygen atoms in total. The maximum absolute atomic E-state index is 11.7. The minimum absolute atomic E-state index is 0.211. The fourth-order valence-electron chi connectivity index (χ4n) is 1.16. The smallest absolute Gasteiger partial charge is 0.326 e. The summed E-state index contributed by atoms with van der Waals surface area (Å²) in [4.78, 5) is 22.9.